The molecule has 6 nitrogen and oxygen atoms in total. The number of anilines is 1. The zero-order valence-electron chi connectivity index (χ0n) is 10.4. The molecular formula is C13H12N2O4. The van der Waals surface area contributed by atoms with Crippen molar-refractivity contribution in [2.75, 3.05) is 5.32 Å². The van der Waals surface area contributed by atoms with Gasteiger partial charge >= 0.3 is 5.97 Å². The third-order valence-electron chi connectivity index (χ3n) is 2.65. The topological polar surface area (TPSA) is 92.4 Å². The maximum Gasteiger partial charge on any atom is 0.337 e. The van der Waals surface area contributed by atoms with Crippen LogP contribution in [0.1, 0.15) is 32.0 Å². The molecule has 2 N–H and O–H groups in total. The van der Waals surface area contributed by atoms with Crippen molar-refractivity contribution in [3.8, 4) is 0 Å². The number of carbonyl (C=O) groups excluding carboxylic acids is 1. The van der Waals surface area contributed by atoms with Crippen LogP contribution >= 0.6 is 0 Å². The highest BCUT2D eigenvalue weighted by Crippen LogP contribution is 2.19. The van der Waals surface area contributed by atoms with E-state index in [-0.39, 0.29) is 16.8 Å². The van der Waals surface area contributed by atoms with E-state index in [1.54, 1.807) is 26.0 Å². The summed E-state index contributed by atoms with van der Waals surface area (Å²) in [6, 6.07) is 4.78. The van der Waals surface area contributed by atoms with Gasteiger partial charge in [-0.25, -0.2) is 4.79 Å². The van der Waals surface area contributed by atoms with Crippen LogP contribution in [0.2, 0.25) is 0 Å². The lowest BCUT2D eigenvalue weighted by Gasteiger charge is -2.08. The monoisotopic (exact) mass is 260 g/mol. The summed E-state index contributed by atoms with van der Waals surface area (Å²) in [7, 11) is 0. The standard InChI is InChI=1S/C13H12N2O4/c1-7-3-4-11(9(5-7)13(17)18)15-12(16)10-6-14-19-8(10)2/h3-6H,1-2H3,(H,15,16)(H,17,18). The summed E-state index contributed by atoms with van der Waals surface area (Å²) in [4.78, 5) is 23.1. The van der Waals surface area contributed by atoms with Gasteiger partial charge in [-0.3, -0.25) is 4.79 Å². The second-order valence-corrected chi connectivity index (χ2v) is 4.10. The molecule has 1 aromatic carbocycles. The molecule has 19 heavy (non-hydrogen) atoms. The van der Waals surface area contributed by atoms with Gasteiger partial charge in [0, 0.05) is 0 Å². The van der Waals surface area contributed by atoms with Gasteiger partial charge in [-0.15, -0.1) is 0 Å². The van der Waals surface area contributed by atoms with E-state index in [1.165, 1.54) is 12.3 Å². The molecule has 0 saturated heterocycles. The Morgan fingerprint density at radius 2 is 2.00 bits per heavy atom. The van der Waals surface area contributed by atoms with Crippen LogP contribution in [0.3, 0.4) is 0 Å². The lowest BCUT2D eigenvalue weighted by molar-refractivity contribution is 0.0698. The van der Waals surface area contributed by atoms with Gasteiger partial charge in [-0.1, -0.05) is 16.8 Å². The fourth-order valence-electron chi connectivity index (χ4n) is 1.65. The maximum atomic E-state index is 12.0. The zero-order chi connectivity index (χ0) is 14.0. The Labute approximate surface area is 109 Å². The van der Waals surface area contributed by atoms with Gasteiger partial charge in [0.25, 0.3) is 5.91 Å². The number of aromatic nitrogens is 1. The summed E-state index contributed by atoms with van der Waals surface area (Å²) in [5.41, 5.74) is 1.36. The van der Waals surface area contributed by atoms with Gasteiger partial charge in [-0.05, 0) is 26.0 Å². The highest BCUT2D eigenvalue weighted by atomic mass is 16.5. The molecular weight excluding hydrogens is 248 g/mol. The van der Waals surface area contributed by atoms with Crippen molar-refractivity contribution in [2.24, 2.45) is 0 Å². The number of rotatable bonds is 3. The van der Waals surface area contributed by atoms with Crippen molar-refractivity contribution >= 4 is 17.6 Å². The van der Waals surface area contributed by atoms with Crippen LogP contribution in [-0.2, 0) is 0 Å². The molecule has 98 valence electrons. The Hall–Kier alpha value is -2.63. The lowest BCUT2D eigenvalue weighted by Crippen LogP contribution is -2.15. The minimum atomic E-state index is -1.10. The Kier molecular flexibility index (Phi) is 3.33. The van der Waals surface area contributed by atoms with Crippen molar-refractivity contribution < 1.29 is 19.2 Å². The third kappa shape index (κ3) is 2.62. The first-order valence-corrected chi connectivity index (χ1v) is 5.55. The smallest absolute Gasteiger partial charge is 0.337 e. The number of nitrogens with one attached hydrogen (secondary N) is 1. The molecule has 0 aliphatic carbocycles. The van der Waals surface area contributed by atoms with E-state index >= 15 is 0 Å². The van der Waals surface area contributed by atoms with Crippen LogP contribution in [0.15, 0.2) is 28.9 Å². The molecule has 0 saturated carbocycles. The van der Waals surface area contributed by atoms with E-state index < -0.39 is 11.9 Å². The SMILES string of the molecule is Cc1ccc(NC(=O)c2cnoc2C)c(C(=O)O)c1. The van der Waals surface area contributed by atoms with Crippen LogP contribution in [0, 0.1) is 13.8 Å². The Morgan fingerprint density at radius 1 is 1.26 bits per heavy atom. The van der Waals surface area contributed by atoms with Crippen LogP contribution in [-0.4, -0.2) is 22.1 Å². The molecule has 2 rings (SSSR count). The minimum Gasteiger partial charge on any atom is -0.478 e. The predicted molar refractivity (Wildman–Crippen MR) is 67.3 cm³/mol. The number of amides is 1. The van der Waals surface area contributed by atoms with Gasteiger partial charge < -0.3 is 14.9 Å². The van der Waals surface area contributed by atoms with E-state index in [2.05, 4.69) is 10.5 Å². The zero-order valence-corrected chi connectivity index (χ0v) is 10.4. The molecule has 0 aliphatic rings. The van der Waals surface area contributed by atoms with E-state index in [0.717, 1.165) is 5.56 Å². The predicted octanol–water partition coefficient (Wildman–Crippen LogP) is 2.24. The maximum absolute atomic E-state index is 12.0. The van der Waals surface area contributed by atoms with Crippen LogP contribution in [0.5, 0.6) is 0 Å². The molecule has 1 heterocycles. The first-order valence-electron chi connectivity index (χ1n) is 5.55. The average molecular weight is 260 g/mol. The van der Waals surface area contributed by atoms with Gasteiger partial charge in [0.2, 0.25) is 0 Å². The molecule has 1 aromatic heterocycles. The van der Waals surface area contributed by atoms with Gasteiger partial charge in [0.15, 0.2) is 0 Å². The normalized spacial score (nSPS) is 10.2. The molecule has 6 heteroatoms. The molecule has 1 amide bonds. The number of aryl methyl sites for hydroxylation is 2. The van der Waals surface area contributed by atoms with E-state index in [0.29, 0.717) is 5.76 Å². The van der Waals surface area contributed by atoms with E-state index in [4.69, 9.17) is 9.63 Å². The van der Waals surface area contributed by atoms with Crippen LogP contribution in [0.4, 0.5) is 5.69 Å². The van der Waals surface area contributed by atoms with Crippen molar-refractivity contribution in [3.05, 3.63) is 46.8 Å². The first-order chi connectivity index (χ1) is 8.99. The first kappa shape index (κ1) is 12.8. The van der Waals surface area contributed by atoms with Crippen LogP contribution in [0.25, 0.3) is 0 Å². The molecule has 0 unspecified atom stereocenters. The molecule has 0 fully saturated rings. The number of carboxylic acid groups (broad SMARTS) is 1. The summed E-state index contributed by atoms with van der Waals surface area (Å²) in [5.74, 6) is -1.17. The lowest BCUT2D eigenvalue weighted by atomic mass is 10.1. The highest BCUT2D eigenvalue weighted by Gasteiger charge is 2.16. The molecule has 0 atom stereocenters. The highest BCUT2D eigenvalue weighted by molar-refractivity contribution is 6.08. The summed E-state index contributed by atoms with van der Waals surface area (Å²) in [6.45, 7) is 3.39. The fraction of sp³-hybridized carbons (Fsp3) is 0.154. The number of carboxylic acids is 1. The van der Waals surface area contributed by atoms with Crippen molar-refractivity contribution in [2.45, 2.75) is 13.8 Å². The van der Waals surface area contributed by atoms with Gasteiger partial charge in [0.05, 0.1) is 17.4 Å². The average Bonchev–Trinajstić information content (AvgIpc) is 2.77. The summed E-state index contributed by atoms with van der Waals surface area (Å²) in [5, 5.41) is 15.2. The van der Waals surface area contributed by atoms with Crippen LogP contribution < -0.4 is 5.32 Å². The Balaban J connectivity index is 2.32. The third-order valence-corrected chi connectivity index (χ3v) is 2.65. The van der Waals surface area contributed by atoms with E-state index in [1.807, 2.05) is 0 Å². The quantitative estimate of drug-likeness (QED) is 0.882. The number of aromatic carboxylic acids is 1. The summed E-state index contributed by atoms with van der Waals surface area (Å²) in [6.07, 6.45) is 1.29. The number of hydrogen-bond acceptors (Lipinski definition) is 4. The Bertz CT molecular complexity index is 646. The fourth-order valence-corrected chi connectivity index (χ4v) is 1.65. The largest absolute Gasteiger partial charge is 0.478 e. The molecule has 2 aromatic rings. The molecule has 0 radical (unpaired) electrons. The number of carbonyl (C=O) groups is 2. The molecule has 0 aliphatic heterocycles. The minimum absolute atomic E-state index is 0.0439. The molecule has 0 spiro atoms. The van der Waals surface area contributed by atoms with Crippen molar-refractivity contribution in [1.29, 1.82) is 0 Å². The van der Waals surface area contributed by atoms with Crippen molar-refractivity contribution in [1.82, 2.24) is 5.16 Å². The number of benzene rings is 1. The van der Waals surface area contributed by atoms with E-state index in [9.17, 15) is 9.59 Å². The second kappa shape index (κ2) is 4.93. The summed E-state index contributed by atoms with van der Waals surface area (Å²) >= 11 is 0. The van der Waals surface area contributed by atoms with Gasteiger partial charge in [-0.2, -0.15) is 0 Å². The molecule has 0 bridgehead atoms. The van der Waals surface area contributed by atoms with Crippen molar-refractivity contribution in [3.63, 3.8) is 0 Å². The number of nitrogens with zero attached hydrogens (tertiary/aromatic N) is 1. The summed E-state index contributed by atoms with van der Waals surface area (Å²) < 4.78 is 4.79. The number of hydrogen-bond donors (Lipinski definition) is 2. The second-order valence-electron chi connectivity index (χ2n) is 4.10. The Morgan fingerprint density at radius 3 is 2.58 bits per heavy atom. The van der Waals surface area contributed by atoms with Gasteiger partial charge in [0.1, 0.15) is 11.3 Å².